The van der Waals surface area contributed by atoms with E-state index in [4.69, 9.17) is 4.74 Å². The standard InChI is InChI=1S/C17H21N3O2/c21-16(12-22-11-14-4-2-1-3-5-14)9-20-7-6-15-8-18-13-19-17(15)10-20/h1-5,8,13,16,21H,6-7,9-12H2. The number of aromatic nitrogens is 2. The van der Waals surface area contributed by atoms with Crippen molar-refractivity contribution in [3.63, 3.8) is 0 Å². The minimum absolute atomic E-state index is 0.349. The highest BCUT2D eigenvalue weighted by Crippen LogP contribution is 2.15. The van der Waals surface area contributed by atoms with Crippen molar-refractivity contribution < 1.29 is 9.84 Å². The second-order valence-corrected chi connectivity index (χ2v) is 5.63. The fraction of sp³-hybridized carbons (Fsp3) is 0.412. The molecule has 0 saturated carbocycles. The summed E-state index contributed by atoms with van der Waals surface area (Å²) in [6.45, 7) is 3.19. The van der Waals surface area contributed by atoms with Gasteiger partial charge in [0.15, 0.2) is 0 Å². The van der Waals surface area contributed by atoms with Gasteiger partial charge in [-0.1, -0.05) is 30.3 Å². The van der Waals surface area contributed by atoms with E-state index in [1.54, 1.807) is 6.33 Å². The highest BCUT2D eigenvalue weighted by molar-refractivity contribution is 5.18. The third-order valence-electron chi connectivity index (χ3n) is 3.84. The molecule has 1 atom stereocenters. The molecule has 5 heteroatoms. The van der Waals surface area contributed by atoms with Crippen LogP contribution in [0.25, 0.3) is 0 Å². The first-order chi connectivity index (χ1) is 10.8. The van der Waals surface area contributed by atoms with E-state index in [-0.39, 0.29) is 0 Å². The Kier molecular flexibility index (Phi) is 5.11. The SMILES string of the molecule is OC(COCc1ccccc1)CN1CCc2cncnc2C1. The Labute approximate surface area is 130 Å². The Hall–Kier alpha value is -1.82. The molecule has 0 bridgehead atoms. The van der Waals surface area contributed by atoms with Crippen molar-refractivity contribution in [3.8, 4) is 0 Å². The van der Waals surface area contributed by atoms with E-state index < -0.39 is 6.10 Å². The minimum Gasteiger partial charge on any atom is -0.389 e. The van der Waals surface area contributed by atoms with E-state index in [0.717, 1.165) is 30.8 Å². The summed E-state index contributed by atoms with van der Waals surface area (Å²) in [7, 11) is 0. The average molecular weight is 299 g/mol. The zero-order valence-electron chi connectivity index (χ0n) is 12.6. The maximum Gasteiger partial charge on any atom is 0.115 e. The van der Waals surface area contributed by atoms with Gasteiger partial charge in [-0.25, -0.2) is 9.97 Å². The molecule has 2 heterocycles. The van der Waals surface area contributed by atoms with E-state index in [1.165, 1.54) is 5.56 Å². The molecule has 0 aliphatic carbocycles. The van der Waals surface area contributed by atoms with Crippen LogP contribution in [0.5, 0.6) is 0 Å². The molecular weight excluding hydrogens is 278 g/mol. The lowest BCUT2D eigenvalue weighted by molar-refractivity contribution is 0.00748. The molecule has 1 aromatic carbocycles. The summed E-state index contributed by atoms with van der Waals surface area (Å²) < 4.78 is 5.59. The summed E-state index contributed by atoms with van der Waals surface area (Å²) in [6.07, 6.45) is 3.93. The first kappa shape index (κ1) is 15.1. The van der Waals surface area contributed by atoms with Gasteiger partial charge in [0.1, 0.15) is 6.33 Å². The van der Waals surface area contributed by atoms with Crippen LogP contribution in [0.1, 0.15) is 16.8 Å². The van der Waals surface area contributed by atoms with E-state index in [9.17, 15) is 5.11 Å². The molecule has 1 unspecified atom stereocenters. The van der Waals surface area contributed by atoms with Crippen LogP contribution in [-0.2, 0) is 24.3 Å². The molecule has 0 radical (unpaired) electrons. The normalized spacial score (nSPS) is 16.2. The first-order valence-electron chi connectivity index (χ1n) is 7.61. The van der Waals surface area contributed by atoms with Gasteiger partial charge < -0.3 is 9.84 Å². The van der Waals surface area contributed by atoms with Gasteiger partial charge in [-0.2, -0.15) is 0 Å². The summed E-state index contributed by atoms with van der Waals surface area (Å²) in [4.78, 5) is 10.6. The van der Waals surface area contributed by atoms with Crippen molar-refractivity contribution in [2.45, 2.75) is 25.7 Å². The molecule has 0 saturated heterocycles. The molecule has 2 aromatic rings. The fourth-order valence-corrected chi connectivity index (χ4v) is 2.70. The smallest absolute Gasteiger partial charge is 0.115 e. The predicted octanol–water partition coefficient (Wildman–Crippen LogP) is 1.41. The van der Waals surface area contributed by atoms with Gasteiger partial charge in [0.25, 0.3) is 0 Å². The Morgan fingerprint density at radius 2 is 2.14 bits per heavy atom. The van der Waals surface area contributed by atoms with Crippen LogP contribution in [0.15, 0.2) is 42.9 Å². The lowest BCUT2D eigenvalue weighted by Crippen LogP contribution is -2.38. The van der Waals surface area contributed by atoms with Crippen molar-refractivity contribution in [2.24, 2.45) is 0 Å². The van der Waals surface area contributed by atoms with Gasteiger partial charge in [0, 0.05) is 25.8 Å². The maximum absolute atomic E-state index is 10.1. The van der Waals surface area contributed by atoms with Crippen LogP contribution in [0.3, 0.4) is 0 Å². The van der Waals surface area contributed by atoms with Crippen molar-refractivity contribution in [3.05, 3.63) is 59.7 Å². The molecule has 0 spiro atoms. The second kappa shape index (κ2) is 7.45. The van der Waals surface area contributed by atoms with Crippen LogP contribution in [-0.4, -0.2) is 45.8 Å². The number of fused-ring (bicyclic) bond motifs is 1. The van der Waals surface area contributed by atoms with Crippen molar-refractivity contribution in [1.29, 1.82) is 0 Å². The Morgan fingerprint density at radius 3 is 3.00 bits per heavy atom. The second-order valence-electron chi connectivity index (χ2n) is 5.63. The summed E-state index contributed by atoms with van der Waals surface area (Å²) in [5, 5.41) is 10.1. The van der Waals surface area contributed by atoms with Gasteiger partial charge in [-0.3, -0.25) is 4.90 Å². The zero-order chi connectivity index (χ0) is 15.2. The van der Waals surface area contributed by atoms with Gasteiger partial charge in [-0.15, -0.1) is 0 Å². The predicted molar refractivity (Wildman–Crippen MR) is 83.1 cm³/mol. The molecule has 0 fully saturated rings. The maximum atomic E-state index is 10.1. The van der Waals surface area contributed by atoms with Gasteiger partial charge >= 0.3 is 0 Å². The molecule has 1 aromatic heterocycles. The van der Waals surface area contributed by atoms with Crippen LogP contribution < -0.4 is 0 Å². The van der Waals surface area contributed by atoms with Gasteiger partial charge in [0.05, 0.1) is 25.0 Å². The first-order valence-corrected chi connectivity index (χ1v) is 7.61. The summed E-state index contributed by atoms with van der Waals surface area (Å²) in [5.41, 5.74) is 3.41. The molecular formula is C17H21N3O2. The molecule has 116 valence electrons. The molecule has 5 nitrogen and oxygen atoms in total. The number of aliphatic hydroxyl groups is 1. The van der Waals surface area contributed by atoms with E-state index in [0.29, 0.717) is 19.8 Å². The number of benzene rings is 1. The molecule has 1 N–H and O–H groups in total. The van der Waals surface area contributed by atoms with Gasteiger partial charge in [0.2, 0.25) is 0 Å². The largest absolute Gasteiger partial charge is 0.389 e. The highest BCUT2D eigenvalue weighted by atomic mass is 16.5. The number of β-amino-alcohol motifs (C(OH)–C–C–N with tert-alkyl or cyclic N) is 1. The number of aliphatic hydroxyl groups excluding tert-OH is 1. The van der Waals surface area contributed by atoms with Crippen molar-refractivity contribution in [1.82, 2.24) is 14.9 Å². The summed E-state index contributed by atoms with van der Waals surface area (Å²) in [6, 6.07) is 10.0. The van der Waals surface area contributed by atoms with Crippen LogP contribution in [0, 0.1) is 0 Å². The van der Waals surface area contributed by atoms with Crippen molar-refractivity contribution >= 4 is 0 Å². The third kappa shape index (κ3) is 4.10. The van der Waals surface area contributed by atoms with Gasteiger partial charge in [-0.05, 0) is 17.5 Å². The molecule has 0 amide bonds. The quantitative estimate of drug-likeness (QED) is 0.874. The Bertz CT molecular complexity index is 591. The van der Waals surface area contributed by atoms with E-state index in [1.807, 2.05) is 36.5 Å². The number of rotatable bonds is 6. The van der Waals surface area contributed by atoms with Crippen molar-refractivity contribution in [2.75, 3.05) is 19.7 Å². The van der Waals surface area contributed by atoms with Crippen LogP contribution in [0.2, 0.25) is 0 Å². The van der Waals surface area contributed by atoms with E-state index >= 15 is 0 Å². The Balaban J connectivity index is 1.42. The summed E-state index contributed by atoms with van der Waals surface area (Å²) >= 11 is 0. The molecule has 1 aliphatic rings. The molecule has 3 rings (SSSR count). The number of nitrogens with zero attached hydrogens (tertiary/aromatic N) is 3. The third-order valence-corrected chi connectivity index (χ3v) is 3.84. The Morgan fingerprint density at radius 1 is 1.27 bits per heavy atom. The molecule has 1 aliphatic heterocycles. The van der Waals surface area contributed by atoms with Crippen LogP contribution >= 0.6 is 0 Å². The number of hydrogen-bond acceptors (Lipinski definition) is 5. The number of hydrogen-bond donors (Lipinski definition) is 1. The monoisotopic (exact) mass is 299 g/mol. The molecule has 22 heavy (non-hydrogen) atoms. The minimum atomic E-state index is -0.480. The number of ether oxygens (including phenoxy) is 1. The van der Waals surface area contributed by atoms with E-state index in [2.05, 4.69) is 14.9 Å². The summed E-state index contributed by atoms with van der Waals surface area (Å²) in [5.74, 6) is 0. The van der Waals surface area contributed by atoms with Crippen LogP contribution in [0.4, 0.5) is 0 Å². The highest BCUT2D eigenvalue weighted by Gasteiger charge is 2.19. The average Bonchev–Trinajstić information content (AvgIpc) is 2.56. The topological polar surface area (TPSA) is 58.5 Å². The fourth-order valence-electron chi connectivity index (χ4n) is 2.70. The zero-order valence-corrected chi connectivity index (χ0v) is 12.6. The lowest BCUT2D eigenvalue weighted by atomic mass is 10.1. The lowest BCUT2D eigenvalue weighted by Gasteiger charge is -2.29.